The number of ether oxygens (including phenoxy) is 1. The van der Waals surface area contributed by atoms with Gasteiger partial charge in [0.05, 0.1) is 6.61 Å². The maximum atomic E-state index is 13.8. The normalized spacial score (nSPS) is 24.8. The third kappa shape index (κ3) is 3.18. The van der Waals surface area contributed by atoms with Crippen LogP contribution in [0, 0.1) is 11.6 Å². The molecule has 2 N–H and O–H groups in total. The summed E-state index contributed by atoms with van der Waals surface area (Å²) in [6, 6.07) is 2.63. The number of hydrogen-bond donors (Lipinski definition) is 2. The molecule has 2 amide bonds. The van der Waals surface area contributed by atoms with Gasteiger partial charge in [-0.05, 0) is 18.6 Å². The molecule has 2 atom stereocenters. The zero-order chi connectivity index (χ0) is 16.4. The summed E-state index contributed by atoms with van der Waals surface area (Å²) in [5.74, 6) is -2.52. The molecule has 124 valence electrons. The Bertz CT molecular complexity index is 600. The molecule has 1 aromatic rings. The maximum Gasteiger partial charge on any atom is 0.251 e. The Labute approximate surface area is 131 Å². The highest BCUT2D eigenvalue weighted by Gasteiger charge is 2.37. The Morgan fingerprint density at radius 2 is 2.09 bits per heavy atom. The number of benzene rings is 1. The van der Waals surface area contributed by atoms with Crippen molar-refractivity contribution < 1.29 is 23.1 Å². The van der Waals surface area contributed by atoms with E-state index in [1.807, 2.05) is 0 Å². The number of rotatable bonds is 3. The predicted molar refractivity (Wildman–Crippen MR) is 77.9 cm³/mol. The molecule has 2 aliphatic heterocycles. The Kier molecular flexibility index (Phi) is 4.53. The molecule has 0 bridgehead atoms. The number of carbonyl (C=O) groups excluding carboxylic acids is 2. The summed E-state index contributed by atoms with van der Waals surface area (Å²) in [5, 5.41) is 5.62. The van der Waals surface area contributed by atoms with Crippen LogP contribution in [-0.2, 0) is 14.3 Å². The van der Waals surface area contributed by atoms with Gasteiger partial charge in [0.1, 0.15) is 29.5 Å². The Morgan fingerprint density at radius 1 is 1.35 bits per heavy atom. The van der Waals surface area contributed by atoms with Gasteiger partial charge in [-0.25, -0.2) is 8.78 Å². The molecule has 1 aromatic carbocycles. The zero-order valence-electron chi connectivity index (χ0n) is 12.4. The summed E-state index contributed by atoms with van der Waals surface area (Å²) < 4.78 is 32.9. The van der Waals surface area contributed by atoms with Gasteiger partial charge < -0.3 is 20.3 Å². The second kappa shape index (κ2) is 6.59. The molecular formula is C15H17F2N3O3. The lowest BCUT2D eigenvalue weighted by molar-refractivity contribution is -0.136. The maximum absolute atomic E-state index is 13.8. The molecule has 2 fully saturated rings. The number of amides is 2. The van der Waals surface area contributed by atoms with Gasteiger partial charge >= 0.3 is 0 Å². The van der Waals surface area contributed by atoms with E-state index in [1.54, 1.807) is 0 Å². The first-order chi connectivity index (χ1) is 11.1. The number of nitrogens with one attached hydrogen (secondary N) is 2. The van der Waals surface area contributed by atoms with E-state index in [0.717, 1.165) is 17.0 Å². The summed E-state index contributed by atoms with van der Waals surface area (Å²) in [6.45, 7) is 1.61. The van der Waals surface area contributed by atoms with Gasteiger partial charge in [0, 0.05) is 19.6 Å². The van der Waals surface area contributed by atoms with Crippen LogP contribution in [0.3, 0.4) is 0 Å². The first kappa shape index (κ1) is 15.8. The molecule has 0 spiro atoms. The third-order valence-electron chi connectivity index (χ3n) is 3.95. The van der Waals surface area contributed by atoms with Crippen LogP contribution in [0.15, 0.2) is 18.2 Å². The fraction of sp³-hybridized carbons (Fsp3) is 0.467. The number of carbonyl (C=O) groups is 2. The number of morpholine rings is 1. The van der Waals surface area contributed by atoms with Crippen molar-refractivity contribution in [2.45, 2.75) is 18.6 Å². The highest BCUT2D eigenvalue weighted by atomic mass is 19.1. The molecule has 0 aliphatic carbocycles. The standard InChI is InChI=1S/C15H17F2N3O3/c16-9-2-1-3-10(17)13(9)20-6-4-11(15(20)22)19-14(21)12-8-18-5-7-23-12/h1-3,11-12,18H,4-8H2,(H,19,21)/t11-,12+/m0/s1. The van der Waals surface area contributed by atoms with Crippen LogP contribution in [0.5, 0.6) is 0 Å². The second-order valence-corrected chi connectivity index (χ2v) is 5.47. The van der Waals surface area contributed by atoms with Crippen molar-refractivity contribution in [3.63, 3.8) is 0 Å². The number of halogens is 2. The summed E-state index contributed by atoms with van der Waals surface area (Å²) in [5.41, 5.74) is -0.371. The minimum absolute atomic E-state index is 0.144. The number of anilines is 1. The van der Waals surface area contributed by atoms with Crippen LogP contribution < -0.4 is 15.5 Å². The van der Waals surface area contributed by atoms with Crippen LogP contribution >= 0.6 is 0 Å². The second-order valence-electron chi connectivity index (χ2n) is 5.47. The van der Waals surface area contributed by atoms with Crippen LogP contribution in [-0.4, -0.2) is 50.2 Å². The molecule has 8 heteroatoms. The molecule has 0 aromatic heterocycles. The van der Waals surface area contributed by atoms with E-state index in [9.17, 15) is 18.4 Å². The molecule has 0 radical (unpaired) electrons. The summed E-state index contributed by atoms with van der Waals surface area (Å²) in [4.78, 5) is 25.5. The molecule has 3 rings (SSSR count). The smallest absolute Gasteiger partial charge is 0.251 e. The van der Waals surface area contributed by atoms with Crippen molar-refractivity contribution in [1.82, 2.24) is 10.6 Å². The summed E-state index contributed by atoms with van der Waals surface area (Å²) >= 11 is 0. The molecule has 2 heterocycles. The van der Waals surface area contributed by atoms with Crippen LogP contribution in [0.4, 0.5) is 14.5 Å². The van der Waals surface area contributed by atoms with E-state index in [0.29, 0.717) is 26.1 Å². The molecule has 23 heavy (non-hydrogen) atoms. The van der Waals surface area contributed by atoms with Crippen molar-refractivity contribution in [2.75, 3.05) is 31.1 Å². The van der Waals surface area contributed by atoms with E-state index >= 15 is 0 Å². The van der Waals surface area contributed by atoms with Crippen LogP contribution in [0.1, 0.15) is 6.42 Å². The largest absolute Gasteiger partial charge is 0.366 e. The minimum atomic E-state index is -0.801. The zero-order valence-corrected chi connectivity index (χ0v) is 12.4. The van der Waals surface area contributed by atoms with E-state index in [2.05, 4.69) is 10.6 Å². The van der Waals surface area contributed by atoms with Crippen LogP contribution in [0.25, 0.3) is 0 Å². The molecular weight excluding hydrogens is 308 g/mol. The van der Waals surface area contributed by atoms with E-state index in [4.69, 9.17) is 4.74 Å². The van der Waals surface area contributed by atoms with E-state index in [1.165, 1.54) is 6.07 Å². The van der Waals surface area contributed by atoms with Crippen molar-refractivity contribution in [3.8, 4) is 0 Å². The van der Waals surface area contributed by atoms with E-state index in [-0.39, 0.29) is 12.2 Å². The van der Waals surface area contributed by atoms with Crippen molar-refractivity contribution in [1.29, 1.82) is 0 Å². The molecule has 2 aliphatic rings. The monoisotopic (exact) mass is 325 g/mol. The SMILES string of the molecule is O=C(N[C@H]1CCN(c2c(F)cccc2F)C1=O)[C@H]1CNCCO1. The number of para-hydroxylation sites is 1. The summed E-state index contributed by atoms with van der Waals surface area (Å²) in [6.07, 6.45) is -0.366. The number of nitrogens with zero attached hydrogens (tertiary/aromatic N) is 1. The van der Waals surface area contributed by atoms with Gasteiger partial charge in [-0.2, -0.15) is 0 Å². The van der Waals surface area contributed by atoms with Crippen LogP contribution in [0.2, 0.25) is 0 Å². The quantitative estimate of drug-likeness (QED) is 0.831. The Hall–Kier alpha value is -2.06. The molecule has 2 saturated heterocycles. The fourth-order valence-corrected chi connectivity index (χ4v) is 2.78. The van der Waals surface area contributed by atoms with Crippen molar-refractivity contribution in [2.24, 2.45) is 0 Å². The van der Waals surface area contributed by atoms with Gasteiger partial charge in [0.15, 0.2) is 0 Å². The molecule has 0 unspecified atom stereocenters. The lowest BCUT2D eigenvalue weighted by atomic mass is 10.2. The van der Waals surface area contributed by atoms with Gasteiger partial charge in [0.2, 0.25) is 5.91 Å². The van der Waals surface area contributed by atoms with E-state index < -0.39 is 35.6 Å². The highest BCUT2D eigenvalue weighted by Crippen LogP contribution is 2.27. The van der Waals surface area contributed by atoms with Crippen molar-refractivity contribution in [3.05, 3.63) is 29.8 Å². The van der Waals surface area contributed by atoms with Crippen molar-refractivity contribution >= 4 is 17.5 Å². The Balaban J connectivity index is 1.68. The lowest BCUT2D eigenvalue weighted by Gasteiger charge is -2.24. The van der Waals surface area contributed by atoms with Gasteiger partial charge in [0.25, 0.3) is 5.91 Å². The number of hydrogen-bond acceptors (Lipinski definition) is 4. The lowest BCUT2D eigenvalue weighted by Crippen LogP contribution is -2.52. The fourth-order valence-electron chi connectivity index (χ4n) is 2.78. The molecule has 6 nitrogen and oxygen atoms in total. The van der Waals surface area contributed by atoms with Gasteiger partial charge in [-0.15, -0.1) is 0 Å². The first-order valence-electron chi connectivity index (χ1n) is 7.46. The summed E-state index contributed by atoms with van der Waals surface area (Å²) in [7, 11) is 0. The highest BCUT2D eigenvalue weighted by molar-refractivity contribution is 6.01. The van der Waals surface area contributed by atoms with Gasteiger partial charge in [-0.3, -0.25) is 9.59 Å². The minimum Gasteiger partial charge on any atom is -0.366 e. The first-order valence-corrected chi connectivity index (χ1v) is 7.46. The third-order valence-corrected chi connectivity index (χ3v) is 3.95. The average Bonchev–Trinajstić information content (AvgIpc) is 2.89. The average molecular weight is 325 g/mol. The predicted octanol–water partition coefficient (Wildman–Crippen LogP) is 0.175. The molecule has 0 saturated carbocycles. The Morgan fingerprint density at radius 3 is 2.74 bits per heavy atom. The van der Waals surface area contributed by atoms with Gasteiger partial charge in [-0.1, -0.05) is 6.07 Å². The topological polar surface area (TPSA) is 70.7 Å².